The molecule has 0 spiro atoms. The van der Waals surface area contributed by atoms with Crippen LogP contribution in [-0.4, -0.2) is 38.1 Å². The van der Waals surface area contributed by atoms with Gasteiger partial charge in [-0.05, 0) is 19.3 Å². The molecule has 0 aromatic carbocycles. The predicted octanol–water partition coefficient (Wildman–Crippen LogP) is 0.419. The fourth-order valence-electron chi connectivity index (χ4n) is 2.04. The van der Waals surface area contributed by atoms with Crippen LogP contribution in [0.2, 0.25) is 0 Å². The molecule has 8 heteroatoms. The molecule has 2 aromatic rings. The molecule has 98 valence electrons. The third kappa shape index (κ3) is 2.01. The second-order valence-electron chi connectivity index (χ2n) is 4.31. The highest BCUT2D eigenvalue weighted by Crippen LogP contribution is 2.29. The van der Waals surface area contributed by atoms with Crippen molar-refractivity contribution in [3.63, 3.8) is 0 Å². The van der Waals surface area contributed by atoms with E-state index in [2.05, 4.69) is 15.3 Å². The first-order valence-electron chi connectivity index (χ1n) is 5.99. The Morgan fingerprint density at radius 1 is 1.56 bits per heavy atom. The minimum Gasteiger partial charge on any atom is -0.396 e. The van der Waals surface area contributed by atoms with Crippen LogP contribution in [0.4, 0.5) is 0 Å². The van der Waals surface area contributed by atoms with Gasteiger partial charge in [0.1, 0.15) is 11.1 Å². The van der Waals surface area contributed by atoms with Gasteiger partial charge < -0.3 is 15.6 Å². The second-order valence-corrected chi connectivity index (χ2v) is 5.30. The third-order valence-corrected chi connectivity index (χ3v) is 4.04. The van der Waals surface area contributed by atoms with E-state index in [0.29, 0.717) is 6.42 Å². The zero-order valence-electron chi connectivity index (χ0n) is 9.82. The molecule has 2 atom stereocenters. The first-order chi connectivity index (χ1) is 8.79. The molecule has 0 saturated carbocycles. The Hall–Kier alpha value is -1.09. The van der Waals surface area contributed by atoms with Crippen LogP contribution in [-0.2, 0) is 4.74 Å². The maximum Gasteiger partial charge on any atom is 0.234 e. The predicted molar refractivity (Wildman–Crippen MR) is 65.2 cm³/mol. The van der Waals surface area contributed by atoms with Crippen LogP contribution in [0, 0.1) is 0 Å². The minimum absolute atomic E-state index is 0.0102. The van der Waals surface area contributed by atoms with Crippen LogP contribution >= 0.6 is 11.3 Å². The van der Waals surface area contributed by atoms with Gasteiger partial charge in [-0.3, -0.25) is 0 Å². The Kier molecular flexibility index (Phi) is 3.25. The lowest BCUT2D eigenvalue weighted by Gasteiger charge is -2.05. The fourth-order valence-corrected chi connectivity index (χ4v) is 2.92. The van der Waals surface area contributed by atoms with Crippen molar-refractivity contribution in [1.82, 2.24) is 19.8 Å². The van der Waals surface area contributed by atoms with Gasteiger partial charge in [0.05, 0.1) is 6.04 Å². The maximum atomic E-state index is 8.89. The van der Waals surface area contributed by atoms with E-state index in [4.69, 9.17) is 15.6 Å². The Morgan fingerprint density at radius 2 is 2.44 bits per heavy atom. The van der Waals surface area contributed by atoms with Crippen molar-refractivity contribution >= 4 is 16.3 Å². The topological polar surface area (TPSA) is 98.6 Å². The van der Waals surface area contributed by atoms with Crippen LogP contribution in [0.15, 0.2) is 0 Å². The highest BCUT2D eigenvalue weighted by molar-refractivity contribution is 7.16. The van der Waals surface area contributed by atoms with E-state index in [-0.39, 0.29) is 18.8 Å². The summed E-state index contributed by atoms with van der Waals surface area (Å²) in [4.78, 5) is 0.726. The molecular weight excluding hydrogens is 254 g/mol. The largest absolute Gasteiger partial charge is 0.396 e. The van der Waals surface area contributed by atoms with Gasteiger partial charge in [-0.1, -0.05) is 11.3 Å². The average molecular weight is 269 g/mol. The van der Waals surface area contributed by atoms with Crippen LogP contribution < -0.4 is 5.73 Å². The number of ether oxygens (including phenoxy) is 1. The Balaban J connectivity index is 1.92. The number of aliphatic hydroxyl groups excluding tert-OH is 1. The number of aliphatic hydroxyl groups is 1. The number of nitrogens with zero attached hydrogens (tertiary/aromatic N) is 4. The quantitative estimate of drug-likeness (QED) is 0.834. The summed E-state index contributed by atoms with van der Waals surface area (Å²) >= 11 is 1.41. The highest BCUT2D eigenvalue weighted by Gasteiger charge is 2.25. The molecule has 7 nitrogen and oxygen atoms in total. The van der Waals surface area contributed by atoms with E-state index in [1.54, 1.807) is 4.52 Å². The second kappa shape index (κ2) is 4.88. The summed E-state index contributed by atoms with van der Waals surface area (Å²) in [6.07, 6.45) is 2.49. The Bertz CT molecular complexity index is 533. The monoisotopic (exact) mass is 269 g/mol. The summed E-state index contributed by atoms with van der Waals surface area (Å²) in [6, 6.07) is -0.251. The summed E-state index contributed by atoms with van der Waals surface area (Å²) in [7, 11) is 0. The number of fused-ring (bicyclic) bond motifs is 1. The normalized spacial score (nSPS) is 21.8. The molecule has 1 fully saturated rings. The van der Waals surface area contributed by atoms with Crippen LogP contribution in [0.5, 0.6) is 0 Å². The zero-order chi connectivity index (χ0) is 12.5. The van der Waals surface area contributed by atoms with Gasteiger partial charge in [0.15, 0.2) is 5.82 Å². The summed E-state index contributed by atoms with van der Waals surface area (Å²) < 4.78 is 7.31. The summed E-state index contributed by atoms with van der Waals surface area (Å²) in [5.74, 6) is 0.751. The molecule has 3 heterocycles. The molecule has 2 aromatic heterocycles. The van der Waals surface area contributed by atoms with Crippen molar-refractivity contribution in [2.24, 2.45) is 5.73 Å². The molecular formula is C10H15N5O2S. The number of nitrogens with two attached hydrogens (primary N) is 1. The van der Waals surface area contributed by atoms with Gasteiger partial charge in [0, 0.05) is 13.2 Å². The first-order valence-corrected chi connectivity index (χ1v) is 6.81. The van der Waals surface area contributed by atoms with Crippen LogP contribution in [0.25, 0.3) is 4.96 Å². The molecule has 2 unspecified atom stereocenters. The minimum atomic E-state index is -0.251. The van der Waals surface area contributed by atoms with Gasteiger partial charge in [0.25, 0.3) is 0 Å². The molecule has 18 heavy (non-hydrogen) atoms. The lowest BCUT2D eigenvalue weighted by Crippen LogP contribution is -2.12. The van der Waals surface area contributed by atoms with Gasteiger partial charge in [-0.25, -0.2) is 0 Å². The van der Waals surface area contributed by atoms with E-state index in [1.807, 2.05) is 0 Å². The molecule has 1 aliphatic rings. The molecule has 3 N–H and O–H groups in total. The van der Waals surface area contributed by atoms with Crippen molar-refractivity contribution in [3.05, 3.63) is 10.8 Å². The fraction of sp³-hybridized carbons (Fsp3) is 0.700. The van der Waals surface area contributed by atoms with Crippen molar-refractivity contribution in [2.75, 3.05) is 13.2 Å². The highest BCUT2D eigenvalue weighted by atomic mass is 32.1. The summed E-state index contributed by atoms with van der Waals surface area (Å²) in [6.45, 7) is 0.820. The average Bonchev–Trinajstić information content (AvgIpc) is 3.04. The smallest absolute Gasteiger partial charge is 0.234 e. The standard InChI is InChI=1S/C10H15N5O2S/c11-6(3-4-16)9-14-15-8(7-2-1-5-17-7)12-13-10(15)18-9/h6-7,16H,1-5,11H2. The number of aromatic nitrogens is 4. The van der Waals surface area contributed by atoms with E-state index in [0.717, 1.165) is 35.2 Å². The molecule has 0 radical (unpaired) electrons. The number of hydrogen-bond acceptors (Lipinski definition) is 7. The molecule has 0 bridgehead atoms. The van der Waals surface area contributed by atoms with Crippen molar-refractivity contribution in [2.45, 2.75) is 31.4 Å². The zero-order valence-corrected chi connectivity index (χ0v) is 10.6. The summed E-state index contributed by atoms with van der Waals surface area (Å²) in [5, 5.41) is 22.3. The molecule has 1 aliphatic heterocycles. The third-order valence-electron chi connectivity index (χ3n) is 3.01. The molecule has 0 aliphatic carbocycles. The van der Waals surface area contributed by atoms with Gasteiger partial charge in [0.2, 0.25) is 4.96 Å². The van der Waals surface area contributed by atoms with Crippen LogP contribution in [0.1, 0.15) is 42.2 Å². The number of rotatable bonds is 4. The van der Waals surface area contributed by atoms with E-state index in [1.165, 1.54) is 11.3 Å². The first kappa shape index (κ1) is 12.0. The maximum absolute atomic E-state index is 8.89. The Morgan fingerprint density at radius 3 is 3.17 bits per heavy atom. The SMILES string of the molecule is NC(CCO)c1nn2c(C3CCCO3)nnc2s1. The van der Waals surface area contributed by atoms with Crippen LogP contribution in [0.3, 0.4) is 0 Å². The van der Waals surface area contributed by atoms with Crippen molar-refractivity contribution < 1.29 is 9.84 Å². The molecule has 3 rings (SSSR count). The Labute approximate surface area is 108 Å². The van der Waals surface area contributed by atoms with E-state index in [9.17, 15) is 0 Å². The van der Waals surface area contributed by atoms with Gasteiger partial charge in [-0.15, -0.1) is 10.2 Å². The van der Waals surface area contributed by atoms with E-state index < -0.39 is 0 Å². The summed E-state index contributed by atoms with van der Waals surface area (Å²) in [5.41, 5.74) is 5.93. The van der Waals surface area contributed by atoms with Crippen molar-refractivity contribution in [3.8, 4) is 0 Å². The lowest BCUT2D eigenvalue weighted by molar-refractivity contribution is 0.103. The number of hydrogen-bond donors (Lipinski definition) is 2. The van der Waals surface area contributed by atoms with Gasteiger partial charge >= 0.3 is 0 Å². The molecule has 0 amide bonds. The van der Waals surface area contributed by atoms with Crippen molar-refractivity contribution in [1.29, 1.82) is 0 Å². The van der Waals surface area contributed by atoms with E-state index >= 15 is 0 Å². The molecule has 1 saturated heterocycles. The lowest BCUT2D eigenvalue weighted by atomic mass is 10.2. The van der Waals surface area contributed by atoms with Gasteiger partial charge in [-0.2, -0.15) is 9.61 Å².